The number of aromatic amines is 1. The van der Waals surface area contributed by atoms with Gasteiger partial charge in [0.15, 0.2) is 5.03 Å². The van der Waals surface area contributed by atoms with E-state index in [1.807, 2.05) is 23.8 Å². The molecule has 20 heavy (non-hydrogen) atoms. The molecule has 6 nitrogen and oxygen atoms in total. The Morgan fingerprint density at radius 3 is 2.90 bits per heavy atom. The van der Waals surface area contributed by atoms with Crippen LogP contribution in [0.4, 0.5) is 0 Å². The van der Waals surface area contributed by atoms with Crippen LogP contribution < -0.4 is 10.5 Å². The monoisotopic (exact) mass is 314 g/mol. The predicted octanol–water partition coefficient (Wildman–Crippen LogP) is 1.15. The molecule has 2 aromatic rings. The van der Waals surface area contributed by atoms with Crippen molar-refractivity contribution in [3.8, 4) is 0 Å². The highest BCUT2D eigenvalue weighted by Gasteiger charge is 2.24. The van der Waals surface area contributed by atoms with Crippen molar-refractivity contribution in [2.45, 2.75) is 37.9 Å². The molecule has 2 heterocycles. The minimum absolute atomic E-state index is 0.00494. The zero-order valence-corrected chi connectivity index (χ0v) is 13.0. The summed E-state index contributed by atoms with van der Waals surface area (Å²) in [5.41, 5.74) is 7.90. The molecule has 0 spiro atoms. The van der Waals surface area contributed by atoms with Crippen molar-refractivity contribution < 1.29 is 8.42 Å². The van der Waals surface area contributed by atoms with E-state index < -0.39 is 10.0 Å². The first-order chi connectivity index (χ1) is 9.44. The minimum atomic E-state index is -3.65. The van der Waals surface area contributed by atoms with Crippen LogP contribution in [0, 0.1) is 6.92 Å². The van der Waals surface area contributed by atoms with E-state index in [-0.39, 0.29) is 17.6 Å². The quantitative estimate of drug-likeness (QED) is 0.744. The van der Waals surface area contributed by atoms with Gasteiger partial charge in [0.25, 0.3) is 10.0 Å². The van der Waals surface area contributed by atoms with E-state index in [9.17, 15) is 8.42 Å². The van der Waals surface area contributed by atoms with Crippen LogP contribution in [-0.2, 0) is 23.0 Å². The molecule has 0 saturated heterocycles. The third kappa shape index (κ3) is 3.26. The van der Waals surface area contributed by atoms with Gasteiger partial charge >= 0.3 is 0 Å². The zero-order chi connectivity index (χ0) is 14.8. The number of thiophene rings is 1. The molecule has 0 fully saturated rings. The Morgan fingerprint density at radius 1 is 1.55 bits per heavy atom. The van der Waals surface area contributed by atoms with Gasteiger partial charge in [-0.05, 0) is 42.7 Å². The maximum absolute atomic E-state index is 12.3. The fourth-order valence-electron chi connectivity index (χ4n) is 2.02. The predicted molar refractivity (Wildman–Crippen MR) is 79.0 cm³/mol. The molecule has 0 aliphatic heterocycles. The maximum Gasteiger partial charge on any atom is 0.260 e. The van der Waals surface area contributed by atoms with E-state index in [2.05, 4.69) is 14.9 Å². The van der Waals surface area contributed by atoms with Crippen LogP contribution in [-0.4, -0.2) is 24.7 Å². The third-order valence-corrected chi connectivity index (χ3v) is 5.26. The van der Waals surface area contributed by atoms with Crippen molar-refractivity contribution in [2.75, 3.05) is 0 Å². The van der Waals surface area contributed by atoms with Gasteiger partial charge in [-0.1, -0.05) is 0 Å². The van der Waals surface area contributed by atoms with Gasteiger partial charge in [0.2, 0.25) is 0 Å². The average molecular weight is 314 g/mol. The highest BCUT2D eigenvalue weighted by molar-refractivity contribution is 7.89. The van der Waals surface area contributed by atoms with Gasteiger partial charge in [0, 0.05) is 23.8 Å². The first-order valence-electron chi connectivity index (χ1n) is 6.21. The molecule has 0 radical (unpaired) electrons. The van der Waals surface area contributed by atoms with E-state index in [4.69, 9.17) is 5.73 Å². The second-order valence-electron chi connectivity index (χ2n) is 4.69. The van der Waals surface area contributed by atoms with Crippen LogP contribution in [0.1, 0.15) is 23.7 Å². The molecule has 2 rings (SSSR count). The van der Waals surface area contributed by atoms with Gasteiger partial charge in [-0.25, -0.2) is 13.1 Å². The van der Waals surface area contributed by atoms with Gasteiger partial charge in [-0.15, -0.1) is 0 Å². The molecule has 110 valence electrons. The summed E-state index contributed by atoms with van der Waals surface area (Å²) >= 11 is 1.59. The van der Waals surface area contributed by atoms with E-state index in [0.717, 1.165) is 5.56 Å². The Kier molecular flexibility index (Phi) is 4.59. The van der Waals surface area contributed by atoms with Crippen molar-refractivity contribution in [1.82, 2.24) is 14.9 Å². The van der Waals surface area contributed by atoms with Crippen molar-refractivity contribution in [3.05, 3.63) is 33.6 Å². The van der Waals surface area contributed by atoms with E-state index in [1.54, 1.807) is 18.3 Å². The number of nitrogens with zero attached hydrogens (tertiary/aromatic N) is 1. The number of rotatable bonds is 6. The van der Waals surface area contributed by atoms with E-state index in [0.29, 0.717) is 17.7 Å². The molecule has 0 aromatic carbocycles. The van der Waals surface area contributed by atoms with Crippen molar-refractivity contribution in [1.29, 1.82) is 0 Å². The molecule has 1 atom stereocenters. The van der Waals surface area contributed by atoms with Crippen LogP contribution >= 0.6 is 11.3 Å². The van der Waals surface area contributed by atoms with Crippen LogP contribution in [0.25, 0.3) is 0 Å². The Morgan fingerprint density at radius 2 is 2.30 bits per heavy atom. The Hall–Kier alpha value is -1.22. The number of aryl methyl sites for hydroxylation is 1. The standard InChI is InChI=1S/C12H18N4O2S2/c1-8(5-10-3-4-19-7-10)16-20(17,18)12-11(6-13)9(2)14-15-12/h3-4,7-8,16H,5-6,13H2,1-2H3,(H,14,15). The normalized spacial score (nSPS) is 13.6. The fraction of sp³-hybridized carbons (Fsp3) is 0.417. The number of nitrogens with two attached hydrogens (primary N) is 1. The molecular weight excluding hydrogens is 296 g/mol. The third-order valence-electron chi connectivity index (χ3n) is 2.97. The highest BCUT2D eigenvalue weighted by Crippen LogP contribution is 2.16. The smallest absolute Gasteiger partial charge is 0.260 e. The van der Waals surface area contributed by atoms with Crippen LogP contribution in [0.5, 0.6) is 0 Å². The summed E-state index contributed by atoms with van der Waals surface area (Å²) in [4.78, 5) is 0. The lowest BCUT2D eigenvalue weighted by atomic mass is 10.1. The molecule has 0 aliphatic rings. The highest BCUT2D eigenvalue weighted by atomic mass is 32.2. The van der Waals surface area contributed by atoms with Crippen molar-refractivity contribution in [2.24, 2.45) is 5.73 Å². The molecule has 0 aliphatic carbocycles. The fourth-order valence-corrected chi connectivity index (χ4v) is 4.15. The summed E-state index contributed by atoms with van der Waals surface area (Å²) in [6.07, 6.45) is 0.643. The SMILES string of the molecule is Cc1[nH]nc(S(=O)(=O)NC(C)Cc2ccsc2)c1CN. The Labute approximate surface area is 122 Å². The molecular formula is C12H18N4O2S2. The first-order valence-corrected chi connectivity index (χ1v) is 8.64. The van der Waals surface area contributed by atoms with Gasteiger partial charge in [-0.2, -0.15) is 16.4 Å². The molecule has 2 aromatic heterocycles. The number of hydrogen-bond acceptors (Lipinski definition) is 5. The lowest BCUT2D eigenvalue weighted by molar-refractivity contribution is 0.555. The van der Waals surface area contributed by atoms with Crippen molar-refractivity contribution >= 4 is 21.4 Å². The number of aromatic nitrogens is 2. The summed E-state index contributed by atoms with van der Waals surface area (Å²) in [6, 6.07) is 1.77. The van der Waals surface area contributed by atoms with Gasteiger partial charge < -0.3 is 5.73 Å². The number of H-pyrrole nitrogens is 1. The number of sulfonamides is 1. The summed E-state index contributed by atoms with van der Waals surface area (Å²) in [7, 11) is -3.65. The van der Waals surface area contributed by atoms with Crippen LogP contribution in [0.2, 0.25) is 0 Å². The molecule has 0 bridgehead atoms. The first kappa shape index (κ1) is 15.2. The van der Waals surface area contributed by atoms with Gasteiger partial charge in [0.05, 0.1) is 0 Å². The average Bonchev–Trinajstić information content (AvgIpc) is 2.97. The van der Waals surface area contributed by atoms with Crippen LogP contribution in [0.3, 0.4) is 0 Å². The molecule has 0 saturated carbocycles. The summed E-state index contributed by atoms with van der Waals surface area (Å²) < 4.78 is 27.3. The topological polar surface area (TPSA) is 101 Å². The lowest BCUT2D eigenvalue weighted by Gasteiger charge is -2.13. The number of nitrogens with one attached hydrogen (secondary N) is 2. The van der Waals surface area contributed by atoms with Crippen LogP contribution in [0.15, 0.2) is 21.9 Å². The van der Waals surface area contributed by atoms with E-state index >= 15 is 0 Å². The van der Waals surface area contributed by atoms with Gasteiger partial charge in [0.1, 0.15) is 0 Å². The minimum Gasteiger partial charge on any atom is -0.326 e. The van der Waals surface area contributed by atoms with Crippen molar-refractivity contribution in [3.63, 3.8) is 0 Å². The Balaban J connectivity index is 2.14. The second kappa shape index (κ2) is 6.04. The summed E-state index contributed by atoms with van der Waals surface area (Å²) in [6.45, 7) is 3.72. The van der Waals surface area contributed by atoms with Gasteiger partial charge in [-0.3, -0.25) is 5.10 Å². The lowest BCUT2D eigenvalue weighted by Crippen LogP contribution is -2.34. The summed E-state index contributed by atoms with van der Waals surface area (Å²) in [5.74, 6) is 0. The zero-order valence-electron chi connectivity index (χ0n) is 11.4. The van der Waals surface area contributed by atoms with E-state index in [1.165, 1.54) is 0 Å². The maximum atomic E-state index is 12.3. The Bertz CT molecular complexity index is 662. The molecule has 0 amide bonds. The number of hydrogen-bond donors (Lipinski definition) is 3. The molecule has 4 N–H and O–H groups in total. The molecule has 1 unspecified atom stereocenters. The molecule has 8 heteroatoms. The largest absolute Gasteiger partial charge is 0.326 e. The summed E-state index contributed by atoms with van der Waals surface area (Å²) in [5, 5.41) is 10.5. The second-order valence-corrected chi connectivity index (χ2v) is 7.10.